The molecule has 3 nitrogen and oxygen atoms in total. The molecule has 0 aliphatic heterocycles. The highest BCUT2D eigenvalue weighted by atomic mass is 32.2. The highest BCUT2D eigenvalue weighted by Crippen LogP contribution is 2.37. The van der Waals surface area contributed by atoms with Crippen molar-refractivity contribution in [3.63, 3.8) is 0 Å². The lowest BCUT2D eigenvalue weighted by atomic mass is 10.1. The van der Waals surface area contributed by atoms with Gasteiger partial charge >= 0.3 is 5.97 Å². The van der Waals surface area contributed by atoms with Crippen molar-refractivity contribution in [2.24, 2.45) is 0 Å². The summed E-state index contributed by atoms with van der Waals surface area (Å²) in [7, 11) is 0. The van der Waals surface area contributed by atoms with Crippen LogP contribution in [-0.4, -0.2) is 15.6 Å². The SMILES string of the molecule is O=C(O)c1cc2cc(SO)c3ccccc3c2s1. The number of thiophene rings is 1. The van der Waals surface area contributed by atoms with Crippen molar-refractivity contribution >= 4 is 50.2 Å². The van der Waals surface area contributed by atoms with Crippen LogP contribution in [0.3, 0.4) is 0 Å². The zero-order chi connectivity index (χ0) is 12.7. The largest absolute Gasteiger partial charge is 0.477 e. The zero-order valence-electron chi connectivity index (χ0n) is 9.08. The van der Waals surface area contributed by atoms with Crippen LogP contribution in [0.4, 0.5) is 0 Å². The maximum Gasteiger partial charge on any atom is 0.345 e. The number of aromatic carboxylic acids is 1. The van der Waals surface area contributed by atoms with Gasteiger partial charge in [0.1, 0.15) is 4.88 Å². The lowest BCUT2D eigenvalue weighted by Gasteiger charge is -2.03. The summed E-state index contributed by atoms with van der Waals surface area (Å²) in [4.78, 5) is 12.1. The average Bonchev–Trinajstić information content (AvgIpc) is 2.82. The Bertz CT molecular complexity index is 761. The smallest absolute Gasteiger partial charge is 0.345 e. The summed E-state index contributed by atoms with van der Waals surface area (Å²) in [5.41, 5.74) is 0. The van der Waals surface area contributed by atoms with Gasteiger partial charge in [0, 0.05) is 27.0 Å². The monoisotopic (exact) mass is 276 g/mol. The van der Waals surface area contributed by atoms with E-state index in [4.69, 9.17) is 5.11 Å². The number of rotatable bonds is 2. The molecule has 0 saturated heterocycles. The summed E-state index contributed by atoms with van der Waals surface area (Å²) >= 11 is 1.95. The minimum absolute atomic E-state index is 0.315. The first-order valence-corrected chi connectivity index (χ1v) is 6.79. The number of fused-ring (bicyclic) bond motifs is 3. The van der Waals surface area contributed by atoms with Gasteiger partial charge in [-0.2, -0.15) is 0 Å². The second kappa shape index (κ2) is 4.28. The van der Waals surface area contributed by atoms with Crippen LogP contribution in [0.1, 0.15) is 9.67 Å². The minimum Gasteiger partial charge on any atom is -0.477 e. The van der Waals surface area contributed by atoms with Crippen LogP contribution in [0.15, 0.2) is 41.3 Å². The van der Waals surface area contributed by atoms with E-state index in [9.17, 15) is 9.35 Å². The first-order valence-electron chi connectivity index (χ1n) is 5.20. The van der Waals surface area contributed by atoms with E-state index in [1.54, 1.807) is 6.07 Å². The van der Waals surface area contributed by atoms with Crippen molar-refractivity contribution in [2.45, 2.75) is 4.90 Å². The maximum absolute atomic E-state index is 11.0. The fourth-order valence-electron chi connectivity index (χ4n) is 2.02. The van der Waals surface area contributed by atoms with Gasteiger partial charge in [-0.05, 0) is 22.9 Å². The Morgan fingerprint density at radius 1 is 1.17 bits per heavy atom. The van der Waals surface area contributed by atoms with Crippen molar-refractivity contribution in [2.75, 3.05) is 0 Å². The van der Waals surface area contributed by atoms with Gasteiger partial charge in [-0.1, -0.05) is 24.3 Å². The van der Waals surface area contributed by atoms with Gasteiger partial charge in [-0.3, -0.25) is 0 Å². The molecule has 0 amide bonds. The second-order valence-corrected chi connectivity index (χ2v) is 5.52. The number of hydrogen-bond donors (Lipinski definition) is 2. The highest BCUT2D eigenvalue weighted by Gasteiger charge is 2.13. The van der Waals surface area contributed by atoms with Crippen LogP contribution in [0, 0.1) is 0 Å². The Balaban J connectivity index is 2.47. The van der Waals surface area contributed by atoms with Gasteiger partial charge < -0.3 is 9.66 Å². The molecule has 0 fully saturated rings. The summed E-state index contributed by atoms with van der Waals surface area (Å²) in [5, 5.41) is 11.8. The van der Waals surface area contributed by atoms with E-state index in [1.165, 1.54) is 11.3 Å². The van der Waals surface area contributed by atoms with Crippen LogP contribution in [0.25, 0.3) is 20.9 Å². The van der Waals surface area contributed by atoms with E-state index >= 15 is 0 Å². The maximum atomic E-state index is 11.0. The Morgan fingerprint density at radius 3 is 2.56 bits per heavy atom. The molecular formula is C13H8O3S2. The molecule has 0 spiro atoms. The fourth-order valence-corrected chi connectivity index (χ4v) is 3.49. The summed E-state index contributed by atoms with van der Waals surface area (Å²) in [5.74, 6) is -0.918. The molecule has 3 rings (SSSR count). The van der Waals surface area contributed by atoms with E-state index < -0.39 is 5.97 Å². The van der Waals surface area contributed by atoms with E-state index in [0.717, 1.165) is 25.8 Å². The van der Waals surface area contributed by atoms with Gasteiger partial charge in [0.25, 0.3) is 0 Å². The van der Waals surface area contributed by atoms with E-state index in [-0.39, 0.29) is 0 Å². The van der Waals surface area contributed by atoms with Gasteiger partial charge in [-0.25, -0.2) is 4.79 Å². The molecule has 0 unspecified atom stereocenters. The summed E-state index contributed by atoms with van der Waals surface area (Å²) < 4.78 is 10.3. The Hall–Kier alpha value is -1.56. The minimum atomic E-state index is -0.918. The summed E-state index contributed by atoms with van der Waals surface area (Å²) in [6.45, 7) is 0. The Labute approximate surface area is 111 Å². The zero-order valence-corrected chi connectivity index (χ0v) is 10.7. The van der Waals surface area contributed by atoms with Crippen molar-refractivity contribution in [3.05, 3.63) is 41.3 Å². The quantitative estimate of drug-likeness (QED) is 0.684. The second-order valence-electron chi connectivity index (χ2n) is 3.85. The molecule has 0 radical (unpaired) electrons. The third-order valence-electron chi connectivity index (χ3n) is 2.79. The molecule has 1 heterocycles. The third kappa shape index (κ3) is 1.68. The molecule has 0 bridgehead atoms. The van der Waals surface area contributed by atoms with E-state index in [2.05, 4.69) is 0 Å². The van der Waals surface area contributed by atoms with Crippen molar-refractivity contribution < 1.29 is 14.5 Å². The lowest BCUT2D eigenvalue weighted by Crippen LogP contribution is -1.89. The molecule has 3 aromatic rings. The standard InChI is InChI=1S/C13H8O3S2/c14-13(15)11-6-7-5-10(18-16)8-3-1-2-4-9(8)12(7)17-11/h1-6,16H,(H,14,15). The summed E-state index contributed by atoms with van der Waals surface area (Å²) in [6.07, 6.45) is 0. The average molecular weight is 276 g/mol. The molecule has 1 aromatic heterocycles. The Morgan fingerprint density at radius 2 is 1.89 bits per heavy atom. The van der Waals surface area contributed by atoms with Crippen molar-refractivity contribution in [1.29, 1.82) is 0 Å². The van der Waals surface area contributed by atoms with Gasteiger partial charge in [-0.15, -0.1) is 11.3 Å². The molecule has 18 heavy (non-hydrogen) atoms. The number of carboxylic acids is 1. The highest BCUT2D eigenvalue weighted by molar-refractivity contribution is 7.94. The van der Waals surface area contributed by atoms with Crippen LogP contribution >= 0.6 is 23.4 Å². The van der Waals surface area contributed by atoms with Crippen LogP contribution in [-0.2, 0) is 0 Å². The molecule has 0 aliphatic rings. The lowest BCUT2D eigenvalue weighted by molar-refractivity contribution is 0.0702. The normalized spacial score (nSPS) is 11.2. The van der Waals surface area contributed by atoms with Gasteiger partial charge in [0.2, 0.25) is 0 Å². The number of carbonyl (C=O) groups is 1. The fraction of sp³-hybridized carbons (Fsp3) is 0. The van der Waals surface area contributed by atoms with Crippen LogP contribution in [0.2, 0.25) is 0 Å². The third-order valence-corrected chi connectivity index (χ3v) is 4.50. The first kappa shape index (κ1) is 11.5. The molecule has 90 valence electrons. The molecule has 2 N–H and O–H groups in total. The molecule has 0 aliphatic carbocycles. The molecule has 0 saturated carbocycles. The van der Waals surface area contributed by atoms with Gasteiger partial charge in [0.15, 0.2) is 0 Å². The van der Waals surface area contributed by atoms with E-state index in [0.29, 0.717) is 16.9 Å². The molecule has 0 atom stereocenters. The van der Waals surface area contributed by atoms with Crippen LogP contribution < -0.4 is 0 Å². The molecular weight excluding hydrogens is 268 g/mol. The Kier molecular flexibility index (Phi) is 2.74. The molecule has 5 heteroatoms. The van der Waals surface area contributed by atoms with E-state index in [1.807, 2.05) is 30.3 Å². The van der Waals surface area contributed by atoms with Crippen molar-refractivity contribution in [1.82, 2.24) is 0 Å². The first-order chi connectivity index (χ1) is 8.70. The molecule has 2 aromatic carbocycles. The predicted octanol–water partition coefficient (Wildman–Crippen LogP) is 4.32. The number of benzene rings is 2. The van der Waals surface area contributed by atoms with Crippen LogP contribution in [0.5, 0.6) is 0 Å². The summed E-state index contributed by atoms with van der Waals surface area (Å²) in [6, 6.07) is 11.2. The number of hydrogen-bond acceptors (Lipinski definition) is 4. The number of carboxylic acid groups (broad SMARTS) is 1. The van der Waals surface area contributed by atoms with Crippen molar-refractivity contribution in [3.8, 4) is 0 Å². The topological polar surface area (TPSA) is 57.5 Å². The predicted molar refractivity (Wildman–Crippen MR) is 74.8 cm³/mol. The van der Waals surface area contributed by atoms with Gasteiger partial charge in [0.05, 0.1) is 0 Å².